The van der Waals surface area contributed by atoms with E-state index in [-0.39, 0.29) is 18.7 Å². The number of amides is 2. The van der Waals surface area contributed by atoms with E-state index in [2.05, 4.69) is 15.7 Å². The number of aromatic nitrogens is 2. The first kappa shape index (κ1) is 20.6. The highest BCUT2D eigenvalue weighted by atomic mass is 16.5. The molecule has 0 aliphatic carbocycles. The van der Waals surface area contributed by atoms with Crippen molar-refractivity contribution < 1.29 is 24.2 Å². The summed E-state index contributed by atoms with van der Waals surface area (Å²) in [5.74, 6) is -1.43. The van der Waals surface area contributed by atoms with Crippen LogP contribution in [-0.2, 0) is 16.0 Å². The number of carbonyl (C=O) groups excluding carboxylic acids is 2. The maximum atomic E-state index is 12.2. The lowest BCUT2D eigenvalue weighted by Gasteiger charge is -2.09. The molecule has 1 aromatic heterocycles. The molecule has 0 aliphatic rings. The van der Waals surface area contributed by atoms with Crippen LogP contribution in [0.3, 0.4) is 0 Å². The van der Waals surface area contributed by atoms with Gasteiger partial charge in [-0.1, -0.05) is 12.1 Å². The van der Waals surface area contributed by atoms with E-state index in [0.717, 1.165) is 0 Å². The Kier molecular flexibility index (Phi) is 6.43. The average Bonchev–Trinajstić information content (AvgIpc) is 3.19. The summed E-state index contributed by atoms with van der Waals surface area (Å²) in [6, 6.07) is 14.6. The van der Waals surface area contributed by atoms with Gasteiger partial charge in [0.15, 0.2) is 5.69 Å². The topological polar surface area (TPSA) is 123 Å². The highest BCUT2D eigenvalue weighted by molar-refractivity contribution is 5.99. The minimum absolute atomic E-state index is 0.121. The molecule has 0 saturated carbocycles. The molecule has 0 unspecified atom stereocenters. The highest BCUT2D eigenvalue weighted by Crippen LogP contribution is 2.15. The summed E-state index contributed by atoms with van der Waals surface area (Å²) >= 11 is 0. The number of carboxylic acids is 1. The number of carboxylic acid groups (broad SMARTS) is 1. The predicted molar refractivity (Wildman–Crippen MR) is 110 cm³/mol. The van der Waals surface area contributed by atoms with Crippen molar-refractivity contribution in [2.45, 2.75) is 13.3 Å². The van der Waals surface area contributed by atoms with Gasteiger partial charge >= 0.3 is 18.0 Å². The lowest BCUT2D eigenvalue weighted by molar-refractivity contribution is -0.136. The van der Waals surface area contributed by atoms with E-state index < -0.39 is 18.0 Å². The Balaban J connectivity index is 1.61. The molecular weight excluding hydrogens is 388 g/mol. The number of anilines is 2. The van der Waals surface area contributed by atoms with Crippen LogP contribution in [0.1, 0.15) is 23.0 Å². The predicted octanol–water partition coefficient (Wildman–Crippen LogP) is 3.32. The van der Waals surface area contributed by atoms with Crippen molar-refractivity contribution in [1.29, 1.82) is 0 Å². The molecule has 0 radical (unpaired) electrons. The van der Waals surface area contributed by atoms with Crippen LogP contribution in [0.2, 0.25) is 0 Å². The molecule has 1 heterocycles. The number of rotatable bonds is 7. The van der Waals surface area contributed by atoms with Crippen molar-refractivity contribution in [2.24, 2.45) is 0 Å². The van der Waals surface area contributed by atoms with E-state index in [9.17, 15) is 14.4 Å². The first-order valence-corrected chi connectivity index (χ1v) is 9.16. The molecule has 0 fully saturated rings. The summed E-state index contributed by atoms with van der Waals surface area (Å²) < 4.78 is 6.45. The molecule has 9 heteroatoms. The standard InChI is InChI=1S/C21H20N4O5/c1-2-30-20(28)18-10-11-25(24-18)17-8-6-15(7-9-17)22-21(29)23-16-5-3-4-14(12-16)13-19(26)27/h3-12H,2,13H2,1H3,(H,26,27)(H2,22,23,29). The van der Waals surface area contributed by atoms with Gasteiger partial charge in [-0.25, -0.2) is 14.3 Å². The van der Waals surface area contributed by atoms with Crippen LogP contribution in [0.4, 0.5) is 16.2 Å². The van der Waals surface area contributed by atoms with Crippen molar-refractivity contribution in [3.63, 3.8) is 0 Å². The maximum absolute atomic E-state index is 12.2. The van der Waals surface area contributed by atoms with Crippen molar-refractivity contribution >= 4 is 29.3 Å². The van der Waals surface area contributed by atoms with Crippen LogP contribution < -0.4 is 10.6 Å². The van der Waals surface area contributed by atoms with Gasteiger partial charge in [0.2, 0.25) is 0 Å². The molecule has 9 nitrogen and oxygen atoms in total. The van der Waals surface area contributed by atoms with Gasteiger partial charge in [0.1, 0.15) is 0 Å². The third-order valence-electron chi connectivity index (χ3n) is 4.00. The monoisotopic (exact) mass is 408 g/mol. The minimum Gasteiger partial charge on any atom is -0.481 e. The number of nitrogens with zero attached hydrogens (tertiary/aromatic N) is 2. The van der Waals surface area contributed by atoms with E-state index >= 15 is 0 Å². The van der Waals surface area contributed by atoms with E-state index in [1.807, 2.05) is 0 Å². The molecule has 3 aromatic rings. The van der Waals surface area contributed by atoms with Crippen molar-refractivity contribution in [3.8, 4) is 5.69 Å². The van der Waals surface area contributed by atoms with Crippen molar-refractivity contribution in [3.05, 3.63) is 72.1 Å². The Labute approximate surface area is 172 Å². The van der Waals surface area contributed by atoms with Crippen LogP contribution in [-0.4, -0.2) is 39.5 Å². The molecular formula is C21H20N4O5. The number of aliphatic carboxylic acids is 1. The van der Waals surface area contributed by atoms with Crippen LogP contribution in [0, 0.1) is 0 Å². The normalized spacial score (nSPS) is 10.3. The van der Waals surface area contributed by atoms with Crippen molar-refractivity contribution in [1.82, 2.24) is 9.78 Å². The van der Waals surface area contributed by atoms with Gasteiger partial charge in [-0.15, -0.1) is 0 Å². The second-order valence-electron chi connectivity index (χ2n) is 6.26. The smallest absolute Gasteiger partial charge is 0.358 e. The largest absolute Gasteiger partial charge is 0.481 e. The van der Waals surface area contributed by atoms with E-state index in [1.165, 1.54) is 4.68 Å². The average molecular weight is 408 g/mol. The molecule has 0 atom stereocenters. The summed E-state index contributed by atoms with van der Waals surface area (Å²) in [5.41, 5.74) is 2.55. The number of benzene rings is 2. The molecule has 154 valence electrons. The Morgan fingerprint density at radius 2 is 1.77 bits per heavy atom. The van der Waals surface area contributed by atoms with Crippen LogP contribution in [0.5, 0.6) is 0 Å². The molecule has 0 bridgehead atoms. The third kappa shape index (κ3) is 5.44. The summed E-state index contributed by atoms with van der Waals surface area (Å²) in [5, 5.41) is 18.4. The fourth-order valence-electron chi connectivity index (χ4n) is 2.71. The Hall–Kier alpha value is -4.14. The summed E-state index contributed by atoms with van der Waals surface area (Å²) in [6.45, 7) is 2.00. The fraction of sp³-hybridized carbons (Fsp3) is 0.143. The fourth-order valence-corrected chi connectivity index (χ4v) is 2.71. The van der Waals surface area contributed by atoms with E-state index in [4.69, 9.17) is 9.84 Å². The van der Waals surface area contributed by atoms with Gasteiger partial charge in [0.25, 0.3) is 0 Å². The second-order valence-corrected chi connectivity index (χ2v) is 6.26. The minimum atomic E-state index is -0.941. The number of ether oxygens (including phenoxy) is 1. The van der Waals surface area contributed by atoms with Gasteiger partial charge in [0, 0.05) is 17.6 Å². The zero-order valence-electron chi connectivity index (χ0n) is 16.2. The SMILES string of the molecule is CCOC(=O)c1ccn(-c2ccc(NC(=O)Nc3cccc(CC(=O)O)c3)cc2)n1. The van der Waals surface area contributed by atoms with E-state index in [0.29, 0.717) is 22.6 Å². The molecule has 2 aromatic carbocycles. The molecule has 3 N–H and O–H groups in total. The van der Waals surface area contributed by atoms with Gasteiger partial charge in [-0.3, -0.25) is 4.79 Å². The van der Waals surface area contributed by atoms with Crippen LogP contribution >= 0.6 is 0 Å². The molecule has 30 heavy (non-hydrogen) atoms. The third-order valence-corrected chi connectivity index (χ3v) is 4.00. The Morgan fingerprint density at radius 1 is 1.03 bits per heavy atom. The van der Waals surface area contributed by atoms with E-state index in [1.54, 1.807) is 67.7 Å². The first-order chi connectivity index (χ1) is 14.4. The lowest BCUT2D eigenvalue weighted by Crippen LogP contribution is -2.19. The van der Waals surface area contributed by atoms with Crippen LogP contribution in [0.15, 0.2) is 60.8 Å². The van der Waals surface area contributed by atoms with Gasteiger partial charge in [0.05, 0.1) is 18.7 Å². The first-order valence-electron chi connectivity index (χ1n) is 9.16. The number of nitrogens with one attached hydrogen (secondary N) is 2. The number of urea groups is 1. The van der Waals surface area contributed by atoms with Gasteiger partial charge in [-0.05, 0) is 55.0 Å². The van der Waals surface area contributed by atoms with Gasteiger partial charge in [-0.2, -0.15) is 5.10 Å². The Morgan fingerprint density at radius 3 is 2.47 bits per heavy atom. The molecule has 0 aliphatic heterocycles. The van der Waals surface area contributed by atoms with Crippen molar-refractivity contribution in [2.75, 3.05) is 17.2 Å². The summed E-state index contributed by atoms with van der Waals surface area (Å²) in [4.78, 5) is 34.7. The van der Waals surface area contributed by atoms with Crippen LogP contribution in [0.25, 0.3) is 5.69 Å². The molecule has 0 saturated heterocycles. The molecule has 2 amide bonds. The van der Waals surface area contributed by atoms with Gasteiger partial charge < -0.3 is 20.5 Å². The zero-order chi connectivity index (χ0) is 21.5. The highest BCUT2D eigenvalue weighted by Gasteiger charge is 2.11. The summed E-state index contributed by atoms with van der Waals surface area (Å²) in [7, 11) is 0. The number of hydrogen-bond donors (Lipinski definition) is 3. The maximum Gasteiger partial charge on any atom is 0.358 e. The Bertz CT molecular complexity index is 1060. The summed E-state index contributed by atoms with van der Waals surface area (Å²) in [6.07, 6.45) is 1.52. The number of hydrogen-bond acceptors (Lipinski definition) is 5. The zero-order valence-corrected chi connectivity index (χ0v) is 16.2. The quantitative estimate of drug-likeness (QED) is 0.516. The number of carbonyl (C=O) groups is 3. The molecule has 0 spiro atoms. The second kappa shape index (κ2) is 9.37. The number of esters is 1. The lowest BCUT2D eigenvalue weighted by atomic mass is 10.1. The molecule has 3 rings (SSSR count).